The van der Waals surface area contributed by atoms with Crippen LogP contribution in [-0.4, -0.2) is 61.4 Å². The molecule has 5 nitrogen and oxygen atoms in total. The van der Waals surface area contributed by atoms with E-state index in [2.05, 4.69) is 25.2 Å². The average Bonchev–Trinajstić information content (AvgIpc) is 2.47. The Morgan fingerprint density at radius 2 is 2.36 bits per heavy atom. The van der Waals surface area contributed by atoms with E-state index >= 15 is 0 Å². The Kier molecular flexibility index (Phi) is 4.57. The minimum absolute atomic E-state index is 0.0356. The van der Waals surface area contributed by atoms with Gasteiger partial charge in [0.25, 0.3) is 0 Å². The van der Waals surface area contributed by atoms with Crippen molar-refractivity contribution in [3.05, 3.63) is 11.6 Å². The molecule has 22 heavy (non-hydrogen) atoms. The van der Waals surface area contributed by atoms with Crippen molar-refractivity contribution in [3.63, 3.8) is 0 Å². The summed E-state index contributed by atoms with van der Waals surface area (Å²) in [6, 6.07) is 0. The van der Waals surface area contributed by atoms with E-state index in [0.717, 1.165) is 12.5 Å². The van der Waals surface area contributed by atoms with Gasteiger partial charge in [0.2, 0.25) is 5.91 Å². The monoisotopic (exact) mass is 308 g/mol. The van der Waals surface area contributed by atoms with Gasteiger partial charge >= 0.3 is 0 Å². The van der Waals surface area contributed by atoms with Crippen LogP contribution in [0.15, 0.2) is 11.6 Å². The molecule has 1 saturated carbocycles. The third-order valence-corrected chi connectivity index (χ3v) is 5.75. The first-order valence-corrected chi connectivity index (χ1v) is 8.40. The predicted octanol–water partition coefficient (Wildman–Crippen LogP) is 0.788. The van der Waals surface area contributed by atoms with Crippen LogP contribution >= 0.6 is 0 Å². The molecule has 0 spiro atoms. The number of ether oxygens (including phenoxy) is 1. The normalized spacial score (nSPS) is 32.0. The third-order valence-electron chi connectivity index (χ3n) is 5.75. The molecule has 0 aromatic carbocycles. The number of fused-ring (bicyclic) bond motifs is 1. The molecule has 0 radical (unpaired) electrons. The summed E-state index contributed by atoms with van der Waals surface area (Å²) in [6.07, 6.45) is 4.28. The summed E-state index contributed by atoms with van der Waals surface area (Å²) in [5.74, 6) is 1.54. The number of aliphatic hydroxyl groups is 1. The smallest absolute Gasteiger partial charge is 0.234 e. The second kappa shape index (κ2) is 6.30. The molecule has 2 N–H and O–H groups in total. The lowest BCUT2D eigenvalue weighted by molar-refractivity contribution is -0.124. The Morgan fingerprint density at radius 3 is 3.05 bits per heavy atom. The number of β-amino-alcohol motifs (C(OH)–C–C–N with tert-alkyl or cyclic N) is 1. The first-order chi connectivity index (χ1) is 10.5. The number of rotatable bonds is 6. The Labute approximate surface area is 132 Å². The van der Waals surface area contributed by atoms with Crippen molar-refractivity contribution in [2.24, 2.45) is 17.3 Å². The summed E-state index contributed by atoms with van der Waals surface area (Å²) in [5.41, 5.74) is 1.84. The lowest BCUT2D eigenvalue weighted by Gasteiger charge is -2.56. The first-order valence-electron chi connectivity index (χ1n) is 8.40. The van der Waals surface area contributed by atoms with E-state index in [-0.39, 0.29) is 5.91 Å². The van der Waals surface area contributed by atoms with Crippen LogP contribution in [0.25, 0.3) is 0 Å². The quantitative estimate of drug-likeness (QED) is 0.712. The van der Waals surface area contributed by atoms with Gasteiger partial charge in [0.05, 0.1) is 25.9 Å². The second-order valence-electron chi connectivity index (χ2n) is 7.58. The molecule has 3 atom stereocenters. The minimum atomic E-state index is -0.530. The van der Waals surface area contributed by atoms with Crippen LogP contribution in [0.2, 0.25) is 0 Å². The van der Waals surface area contributed by atoms with Crippen molar-refractivity contribution in [1.82, 2.24) is 10.2 Å². The van der Waals surface area contributed by atoms with Crippen LogP contribution in [0.5, 0.6) is 0 Å². The fourth-order valence-electron chi connectivity index (χ4n) is 4.15. The molecule has 0 aromatic heterocycles. The molecule has 1 aliphatic heterocycles. The summed E-state index contributed by atoms with van der Waals surface area (Å²) in [4.78, 5) is 13.3. The molecule has 1 amide bonds. The molecule has 5 heteroatoms. The largest absolute Gasteiger partial charge is 0.389 e. The number of hydrogen-bond acceptors (Lipinski definition) is 4. The van der Waals surface area contributed by atoms with Crippen molar-refractivity contribution < 1.29 is 14.6 Å². The van der Waals surface area contributed by atoms with Gasteiger partial charge in [-0.25, -0.2) is 0 Å². The van der Waals surface area contributed by atoms with Crippen molar-refractivity contribution >= 4 is 5.91 Å². The van der Waals surface area contributed by atoms with Gasteiger partial charge in [-0.2, -0.15) is 0 Å². The molecule has 2 bridgehead atoms. The van der Waals surface area contributed by atoms with E-state index in [9.17, 15) is 9.90 Å². The molecular formula is C17H28N2O3. The summed E-state index contributed by atoms with van der Waals surface area (Å²) in [6.45, 7) is 8.03. The number of amides is 1. The SMILES string of the molecule is CC1(C)C2CC=C(COCC(O)CN3CCNC(=O)C3)C1C2. The van der Waals surface area contributed by atoms with E-state index in [1.807, 2.05) is 4.90 Å². The average molecular weight is 308 g/mol. The summed E-state index contributed by atoms with van der Waals surface area (Å²) >= 11 is 0. The van der Waals surface area contributed by atoms with Crippen molar-refractivity contribution in [2.45, 2.75) is 32.8 Å². The molecule has 2 fully saturated rings. The molecular weight excluding hydrogens is 280 g/mol. The number of nitrogens with one attached hydrogen (secondary N) is 1. The van der Waals surface area contributed by atoms with E-state index in [0.29, 0.717) is 44.2 Å². The van der Waals surface area contributed by atoms with Crippen LogP contribution in [-0.2, 0) is 9.53 Å². The van der Waals surface area contributed by atoms with Gasteiger partial charge in [0.15, 0.2) is 0 Å². The maximum Gasteiger partial charge on any atom is 0.234 e. The highest BCUT2D eigenvalue weighted by atomic mass is 16.5. The topological polar surface area (TPSA) is 61.8 Å². The zero-order valence-corrected chi connectivity index (χ0v) is 13.7. The highest BCUT2D eigenvalue weighted by molar-refractivity contribution is 5.78. The lowest BCUT2D eigenvalue weighted by atomic mass is 9.49. The molecule has 1 heterocycles. The minimum Gasteiger partial charge on any atom is -0.389 e. The molecule has 4 rings (SSSR count). The summed E-state index contributed by atoms with van der Waals surface area (Å²) < 4.78 is 5.75. The highest BCUT2D eigenvalue weighted by Crippen LogP contribution is 2.59. The number of nitrogens with zero attached hydrogens (tertiary/aromatic N) is 1. The Bertz CT molecular complexity index is 461. The zero-order chi connectivity index (χ0) is 15.7. The summed E-state index contributed by atoms with van der Waals surface area (Å²) in [7, 11) is 0. The van der Waals surface area contributed by atoms with Gasteiger partial charge in [-0.1, -0.05) is 19.9 Å². The van der Waals surface area contributed by atoms with Crippen molar-refractivity contribution in [3.8, 4) is 0 Å². The van der Waals surface area contributed by atoms with Gasteiger partial charge in [-0.3, -0.25) is 9.69 Å². The maximum absolute atomic E-state index is 11.3. The number of allylic oxidation sites excluding steroid dienone is 1. The number of carbonyl (C=O) groups excluding carboxylic acids is 1. The maximum atomic E-state index is 11.3. The first kappa shape index (κ1) is 16.0. The van der Waals surface area contributed by atoms with Crippen LogP contribution in [0.1, 0.15) is 26.7 Å². The number of piperazine rings is 1. The second-order valence-corrected chi connectivity index (χ2v) is 7.58. The summed E-state index contributed by atoms with van der Waals surface area (Å²) in [5, 5.41) is 12.9. The standard InChI is InChI=1S/C17H28N2O3/c1-17(2)13-4-3-12(15(17)7-13)10-22-11-14(20)8-19-6-5-18-16(21)9-19/h3,13-15,20H,4-11H2,1-2H3,(H,18,21). The zero-order valence-electron chi connectivity index (χ0n) is 13.7. The van der Waals surface area contributed by atoms with Gasteiger partial charge in [-0.05, 0) is 35.7 Å². The fourth-order valence-corrected chi connectivity index (χ4v) is 4.15. The molecule has 4 aliphatic rings. The van der Waals surface area contributed by atoms with E-state index in [1.165, 1.54) is 18.4 Å². The van der Waals surface area contributed by atoms with E-state index in [1.54, 1.807) is 0 Å². The molecule has 1 saturated heterocycles. The Balaban J connectivity index is 1.38. The highest BCUT2D eigenvalue weighted by Gasteiger charge is 2.50. The fraction of sp³-hybridized carbons (Fsp3) is 0.824. The van der Waals surface area contributed by atoms with Crippen molar-refractivity contribution in [1.29, 1.82) is 0 Å². The number of carbonyl (C=O) groups is 1. The van der Waals surface area contributed by atoms with Crippen LogP contribution < -0.4 is 5.32 Å². The molecule has 0 aromatic rings. The molecule has 3 aliphatic carbocycles. The van der Waals surface area contributed by atoms with Crippen LogP contribution in [0.3, 0.4) is 0 Å². The third kappa shape index (κ3) is 3.21. The molecule has 3 unspecified atom stereocenters. The lowest BCUT2D eigenvalue weighted by Crippen LogP contribution is -2.50. The Morgan fingerprint density at radius 1 is 1.55 bits per heavy atom. The number of aliphatic hydroxyl groups excluding tert-OH is 1. The Hall–Kier alpha value is -0.910. The predicted molar refractivity (Wildman–Crippen MR) is 84.4 cm³/mol. The van der Waals surface area contributed by atoms with E-state index < -0.39 is 6.10 Å². The van der Waals surface area contributed by atoms with E-state index in [4.69, 9.17) is 4.74 Å². The molecule has 124 valence electrons. The van der Waals surface area contributed by atoms with Crippen LogP contribution in [0.4, 0.5) is 0 Å². The van der Waals surface area contributed by atoms with Gasteiger partial charge in [0.1, 0.15) is 0 Å². The van der Waals surface area contributed by atoms with Crippen molar-refractivity contribution in [2.75, 3.05) is 39.4 Å². The van der Waals surface area contributed by atoms with Gasteiger partial charge < -0.3 is 15.2 Å². The van der Waals surface area contributed by atoms with Gasteiger partial charge in [-0.15, -0.1) is 0 Å². The van der Waals surface area contributed by atoms with Crippen LogP contribution in [0, 0.1) is 17.3 Å². The number of hydrogen-bond donors (Lipinski definition) is 2. The van der Waals surface area contributed by atoms with Gasteiger partial charge in [0, 0.05) is 19.6 Å².